The number of fused-ring (bicyclic) bond motifs is 13. The first kappa shape index (κ1) is 31.1. The minimum atomic E-state index is 0.553. The van der Waals surface area contributed by atoms with Crippen LogP contribution in [0.1, 0.15) is 0 Å². The maximum Gasteiger partial charge on any atom is 0.227 e. The number of hydrogen-bond acceptors (Lipinski definition) is 6. The van der Waals surface area contributed by atoms with Crippen LogP contribution in [0.4, 0.5) is 0 Å². The van der Waals surface area contributed by atoms with Gasteiger partial charge in [-0.05, 0) is 74.1 Å². The third-order valence-electron chi connectivity index (χ3n) is 10.9. The van der Waals surface area contributed by atoms with Gasteiger partial charge in [0.2, 0.25) is 5.89 Å². The molecular formula is C50H28N4OS. The molecule has 56 heavy (non-hydrogen) atoms. The molecule has 0 aliphatic carbocycles. The van der Waals surface area contributed by atoms with Crippen molar-refractivity contribution in [3.8, 4) is 45.6 Å². The Morgan fingerprint density at radius 2 is 0.929 bits per heavy atom. The van der Waals surface area contributed by atoms with Crippen LogP contribution in [0.3, 0.4) is 0 Å². The number of aromatic nitrogens is 4. The summed E-state index contributed by atoms with van der Waals surface area (Å²) >= 11 is 1.81. The maximum atomic E-state index is 6.72. The Balaban J connectivity index is 1.03. The van der Waals surface area contributed by atoms with E-state index in [2.05, 4.69) is 121 Å². The second-order valence-corrected chi connectivity index (χ2v) is 15.3. The molecule has 5 nitrogen and oxygen atoms in total. The summed E-state index contributed by atoms with van der Waals surface area (Å²) in [6.45, 7) is 0. The topological polar surface area (TPSA) is 64.7 Å². The lowest BCUT2D eigenvalue weighted by atomic mass is 9.93. The molecule has 0 aliphatic heterocycles. The van der Waals surface area contributed by atoms with Crippen LogP contribution in [-0.4, -0.2) is 19.9 Å². The number of benzene rings is 9. The van der Waals surface area contributed by atoms with Crippen molar-refractivity contribution in [1.29, 1.82) is 0 Å². The number of nitrogens with zero attached hydrogens (tertiary/aromatic N) is 4. The Morgan fingerprint density at radius 1 is 0.357 bits per heavy atom. The summed E-state index contributed by atoms with van der Waals surface area (Å²) in [6.07, 6.45) is 0. The molecule has 260 valence electrons. The number of thiophene rings is 1. The zero-order valence-corrected chi connectivity index (χ0v) is 30.6. The fourth-order valence-electron chi connectivity index (χ4n) is 8.32. The summed E-state index contributed by atoms with van der Waals surface area (Å²) in [5.41, 5.74) is 5.16. The highest BCUT2D eigenvalue weighted by atomic mass is 32.1. The van der Waals surface area contributed by atoms with Gasteiger partial charge in [0.1, 0.15) is 5.52 Å². The smallest absolute Gasteiger partial charge is 0.227 e. The molecule has 9 aromatic carbocycles. The van der Waals surface area contributed by atoms with Crippen LogP contribution >= 0.6 is 11.3 Å². The van der Waals surface area contributed by atoms with Crippen LogP contribution in [0, 0.1) is 0 Å². The molecule has 6 heteroatoms. The lowest BCUT2D eigenvalue weighted by Gasteiger charge is -2.12. The monoisotopic (exact) mass is 732 g/mol. The fourth-order valence-corrected chi connectivity index (χ4v) is 9.43. The van der Waals surface area contributed by atoms with Gasteiger partial charge in [-0.25, -0.2) is 19.9 Å². The van der Waals surface area contributed by atoms with Gasteiger partial charge in [0.15, 0.2) is 23.1 Å². The van der Waals surface area contributed by atoms with Crippen LogP contribution in [0.2, 0.25) is 0 Å². The molecule has 0 atom stereocenters. The minimum absolute atomic E-state index is 0.553. The van der Waals surface area contributed by atoms with Crippen molar-refractivity contribution in [2.75, 3.05) is 0 Å². The highest BCUT2D eigenvalue weighted by Crippen LogP contribution is 2.42. The lowest BCUT2D eigenvalue weighted by Crippen LogP contribution is -2.00. The average molecular weight is 733 g/mol. The third kappa shape index (κ3) is 4.79. The number of hydrogen-bond donors (Lipinski definition) is 0. The standard InChI is InChI=1S/C50H28N4OS/c1-2-11-30(12-3-1)47-52-48(54-49(53-47)32-21-24-38-36-17-5-4-15-34(36)35-16-6-7-18-37(35)40(38)28-32)31-13-10-14-33(27-31)50-51-41-25-22-29-23-26-43-45(44(29)46(41)55-50)39-19-8-9-20-42(39)56-43/h1-28H. The quantitative estimate of drug-likeness (QED) is 0.169. The first-order chi connectivity index (χ1) is 27.7. The van der Waals surface area contributed by atoms with E-state index in [0.717, 1.165) is 44.1 Å². The van der Waals surface area contributed by atoms with Crippen LogP contribution in [0.5, 0.6) is 0 Å². The summed E-state index contributed by atoms with van der Waals surface area (Å²) in [5, 5.41) is 11.9. The largest absolute Gasteiger partial charge is 0.435 e. The minimum Gasteiger partial charge on any atom is -0.435 e. The van der Waals surface area contributed by atoms with Crippen molar-refractivity contribution >= 4 is 85.7 Å². The van der Waals surface area contributed by atoms with Crippen molar-refractivity contribution in [2.24, 2.45) is 0 Å². The van der Waals surface area contributed by atoms with E-state index < -0.39 is 0 Å². The third-order valence-corrected chi connectivity index (χ3v) is 12.1. The van der Waals surface area contributed by atoms with Gasteiger partial charge in [-0.1, -0.05) is 133 Å². The average Bonchev–Trinajstić information content (AvgIpc) is 3.89. The molecular weight excluding hydrogens is 705 g/mol. The molecule has 0 saturated carbocycles. The predicted molar refractivity (Wildman–Crippen MR) is 232 cm³/mol. The van der Waals surface area contributed by atoms with Gasteiger partial charge in [-0.2, -0.15) is 0 Å². The molecule has 3 heterocycles. The Hall–Kier alpha value is -7.28. The van der Waals surface area contributed by atoms with Gasteiger partial charge in [-0.15, -0.1) is 11.3 Å². The van der Waals surface area contributed by atoms with Crippen molar-refractivity contribution in [2.45, 2.75) is 0 Å². The Kier molecular flexibility index (Phi) is 6.73. The van der Waals surface area contributed by atoms with Crippen molar-refractivity contribution in [3.05, 3.63) is 170 Å². The van der Waals surface area contributed by atoms with Crippen LogP contribution in [0.15, 0.2) is 174 Å². The van der Waals surface area contributed by atoms with Gasteiger partial charge in [0.25, 0.3) is 0 Å². The highest BCUT2D eigenvalue weighted by molar-refractivity contribution is 7.26. The van der Waals surface area contributed by atoms with E-state index in [0.29, 0.717) is 23.4 Å². The normalized spacial score (nSPS) is 11.9. The summed E-state index contributed by atoms with van der Waals surface area (Å²) in [6, 6.07) is 59.2. The van der Waals surface area contributed by atoms with E-state index in [4.69, 9.17) is 24.4 Å². The van der Waals surface area contributed by atoms with Gasteiger partial charge < -0.3 is 4.42 Å². The molecule has 0 bridgehead atoms. The van der Waals surface area contributed by atoms with E-state index in [1.165, 1.54) is 52.5 Å². The molecule has 0 aliphatic rings. The SMILES string of the molecule is c1ccc(-c2nc(-c3cccc(-c4nc5ccc6ccc7sc8ccccc8c7c6c5o4)c3)nc(-c3ccc4c5ccccc5c5ccccc5c4c3)n2)cc1. The highest BCUT2D eigenvalue weighted by Gasteiger charge is 2.19. The Bertz CT molecular complexity index is 3520. The maximum absolute atomic E-state index is 6.72. The molecule has 0 saturated heterocycles. The Labute approximate surface area is 324 Å². The van der Waals surface area contributed by atoms with Crippen molar-refractivity contribution < 1.29 is 4.42 Å². The molecule has 0 radical (unpaired) electrons. The molecule has 3 aromatic heterocycles. The first-order valence-corrected chi connectivity index (χ1v) is 19.4. The summed E-state index contributed by atoms with van der Waals surface area (Å²) in [5.74, 6) is 2.35. The summed E-state index contributed by atoms with van der Waals surface area (Å²) in [4.78, 5) is 20.3. The molecule has 0 amide bonds. The van der Waals surface area contributed by atoms with E-state index in [9.17, 15) is 0 Å². The number of oxazole rings is 1. The van der Waals surface area contributed by atoms with Crippen LogP contribution in [-0.2, 0) is 0 Å². The second-order valence-electron chi connectivity index (χ2n) is 14.2. The van der Waals surface area contributed by atoms with Gasteiger partial charge >= 0.3 is 0 Å². The van der Waals surface area contributed by atoms with E-state index >= 15 is 0 Å². The van der Waals surface area contributed by atoms with Gasteiger partial charge in [0.05, 0.1) is 0 Å². The van der Waals surface area contributed by atoms with E-state index in [1.807, 2.05) is 48.5 Å². The molecule has 0 fully saturated rings. The van der Waals surface area contributed by atoms with Crippen LogP contribution < -0.4 is 0 Å². The molecule has 0 N–H and O–H groups in total. The zero-order valence-electron chi connectivity index (χ0n) is 29.8. The Morgan fingerprint density at radius 3 is 1.68 bits per heavy atom. The van der Waals surface area contributed by atoms with E-state index in [1.54, 1.807) is 11.3 Å². The van der Waals surface area contributed by atoms with Gasteiger partial charge in [0, 0.05) is 47.8 Å². The first-order valence-electron chi connectivity index (χ1n) is 18.6. The molecule has 12 aromatic rings. The van der Waals surface area contributed by atoms with Gasteiger partial charge in [-0.3, -0.25) is 0 Å². The number of rotatable bonds is 4. The zero-order chi connectivity index (χ0) is 36.7. The molecule has 12 rings (SSSR count). The van der Waals surface area contributed by atoms with Crippen molar-refractivity contribution in [1.82, 2.24) is 19.9 Å². The van der Waals surface area contributed by atoms with Crippen molar-refractivity contribution in [3.63, 3.8) is 0 Å². The predicted octanol–water partition coefficient (Wildman–Crippen LogP) is 13.7. The lowest BCUT2D eigenvalue weighted by molar-refractivity contribution is 0.623. The van der Waals surface area contributed by atoms with E-state index in [-0.39, 0.29) is 0 Å². The summed E-state index contributed by atoms with van der Waals surface area (Å²) in [7, 11) is 0. The molecule has 0 spiro atoms. The second kappa shape index (κ2) is 12.1. The summed E-state index contributed by atoms with van der Waals surface area (Å²) < 4.78 is 9.21. The van der Waals surface area contributed by atoms with Crippen LogP contribution in [0.25, 0.3) is 120 Å². The fraction of sp³-hybridized carbons (Fsp3) is 0. The molecule has 0 unspecified atom stereocenters.